The van der Waals surface area contributed by atoms with Gasteiger partial charge in [-0.3, -0.25) is 4.79 Å². The molecular formula is C20H17ClN2O2. The van der Waals surface area contributed by atoms with Crippen molar-refractivity contribution in [1.82, 2.24) is 4.57 Å². The van der Waals surface area contributed by atoms with Crippen LogP contribution >= 0.6 is 11.6 Å². The molecule has 2 aromatic carbocycles. The summed E-state index contributed by atoms with van der Waals surface area (Å²) in [6.07, 6.45) is 0.505. The highest BCUT2D eigenvalue weighted by Gasteiger charge is 2.23. The molecule has 0 saturated carbocycles. The van der Waals surface area contributed by atoms with Crippen LogP contribution in [-0.2, 0) is 11.4 Å². The predicted octanol–water partition coefficient (Wildman–Crippen LogP) is 4.16. The molecule has 0 fully saturated rings. The number of hydrogen-bond acceptors (Lipinski definition) is 3. The molecule has 126 valence electrons. The van der Waals surface area contributed by atoms with Crippen molar-refractivity contribution >= 4 is 28.2 Å². The number of halogens is 1. The zero-order valence-electron chi connectivity index (χ0n) is 13.8. The Bertz CT molecular complexity index is 1020. The van der Waals surface area contributed by atoms with E-state index >= 15 is 0 Å². The van der Waals surface area contributed by atoms with Crippen molar-refractivity contribution in [3.63, 3.8) is 0 Å². The van der Waals surface area contributed by atoms with Gasteiger partial charge in [0.25, 0.3) is 5.56 Å². The summed E-state index contributed by atoms with van der Waals surface area (Å²) in [5.74, 6) is 0. The molecule has 4 nitrogen and oxygen atoms in total. The quantitative estimate of drug-likeness (QED) is 0.710. The van der Waals surface area contributed by atoms with Crippen LogP contribution in [-0.4, -0.2) is 16.4 Å². The third-order valence-corrected chi connectivity index (χ3v) is 4.77. The van der Waals surface area contributed by atoms with E-state index in [1.165, 1.54) is 0 Å². The molecule has 1 aliphatic heterocycles. The molecule has 0 amide bonds. The summed E-state index contributed by atoms with van der Waals surface area (Å²) in [7, 11) is 0. The summed E-state index contributed by atoms with van der Waals surface area (Å²) in [5.41, 5.74) is 3.78. The van der Waals surface area contributed by atoms with Gasteiger partial charge in [-0.1, -0.05) is 47.1 Å². The molecule has 1 atom stereocenters. The molecule has 1 aliphatic rings. The maximum atomic E-state index is 12.5. The molecule has 0 saturated heterocycles. The fourth-order valence-electron chi connectivity index (χ4n) is 3.23. The largest absolute Gasteiger partial charge is 0.390 e. The molecule has 1 aromatic heterocycles. The number of benzene rings is 2. The zero-order chi connectivity index (χ0) is 17.4. The Balaban J connectivity index is 1.60. The lowest BCUT2D eigenvalue weighted by Crippen LogP contribution is -2.27. The van der Waals surface area contributed by atoms with E-state index in [9.17, 15) is 4.79 Å². The molecule has 3 aromatic rings. The molecular weight excluding hydrogens is 336 g/mol. The number of aromatic nitrogens is 1. The Kier molecular flexibility index (Phi) is 4.06. The van der Waals surface area contributed by atoms with Gasteiger partial charge in [0.2, 0.25) is 0 Å². The number of fused-ring (bicyclic) bond motifs is 1. The number of aryl methyl sites for hydroxylation is 1. The lowest BCUT2D eigenvalue weighted by molar-refractivity contribution is 0.0727. The van der Waals surface area contributed by atoms with Crippen molar-refractivity contribution in [3.05, 3.63) is 81.1 Å². The number of oxime groups is 1. The van der Waals surface area contributed by atoms with Gasteiger partial charge in [-0.15, -0.1) is 0 Å². The summed E-state index contributed by atoms with van der Waals surface area (Å²) in [6, 6.07) is 17.2. The van der Waals surface area contributed by atoms with Crippen molar-refractivity contribution in [3.8, 4) is 0 Å². The topological polar surface area (TPSA) is 43.6 Å². The van der Waals surface area contributed by atoms with Gasteiger partial charge in [-0.25, -0.2) is 0 Å². The minimum absolute atomic E-state index is 0.0141. The standard InChI is InChI=1S/C20H17ClN2O2/c1-13-10-20(24)23(19-5-3-2-4-17(13)19)12-16-11-18(22-25-16)14-6-8-15(21)9-7-14/h2-10,16H,11-12H2,1H3/t16-/m0/s1. The fourth-order valence-corrected chi connectivity index (χ4v) is 3.36. The number of pyridine rings is 1. The lowest BCUT2D eigenvalue weighted by atomic mass is 10.0. The van der Waals surface area contributed by atoms with Crippen LogP contribution in [0.25, 0.3) is 10.9 Å². The fraction of sp³-hybridized carbons (Fsp3) is 0.200. The molecule has 2 heterocycles. The van der Waals surface area contributed by atoms with Gasteiger partial charge in [0, 0.05) is 22.9 Å². The SMILES string of the molecule is Cc1cc(=O)n(C[C@@H]2CC(c3ccc(Cl)cc3)=NO2)c2ccccc12. The minimum atomic E-state index is -0.158. The molecule has 0 spiro atoms. The van der Waals surface area contributed by atoms with E-state index in [0.717, 1.165) is 27.7 Å². The summed E-state index contributed by atoms with van der Waals surface area (Å²) in [6.45, 7) is 2.43. The Morgan fingerprint density at radius 2 is 1.96 bits per heavy atom. The maximum Gasteiger partial charge on any atom is 0.251 e. The van der Waals surface area contributed by atoms with E-state index in [2.05, 4.69) is 5.16 Å². The van der Waals surface area contributed by atoms with Crippen LogP contribution in [0.1, 0.15) is 17.5 Å². The van der Waals surface area contributed by atoms with Crippen molar-refractivity contribution < 1.29 is 4.84 Å². The maximum absolute atomic E-state index is 12.5. The van der Waals surface area contributed by atoms with Crippen LogP contribution in [0.2, 0.25) is 5.02 Å². The van der Waals surface area contributed by atoms with E-state index in [1.54, 1.807) is 10.6 Å². The van der Waals surface area contributed by atoms with Crippen LogP contribution in [0.4, 0.5) is 0 Å². The third-order valence-electron chi connectivity index (χ3n) is 4.52. The van der Waals surface area contributed by atoms with Crippen molar-refractivity contribution in [2.24, 2.45) is 5.16 Å². The molecule has 4 rings (SSSR count). The van der Waals surface area contributed by atoms with Gasteiger partial charge in [-0.2, -0.15) is 0 Å². The van der Waals surface area contributed by atoms with Crippen molar-refractivity contribution in [2.75, 3.05) is 0 Å². The van der Waals surface area contributed by atoms with E-state index in [1.807, 2.05) is 55.5 Å². The van der Waals surface area contributed by atoms with E-state index in [-0.39, 0.29) is 11.7 Å². The molecule has 0 N–H and O–H groups in total. The van der Waals surface area contributed by atoms with E-state index < -0.39 is 0 Å². The van der Waals surface area contributed by atoms with Crippen LogP contribution in [0.3, 0.4) is 0 Å². The van der Waals surface area contributed by atoms with Gasteiger partial charge in [0.1, 0.15) is 0 Å². The Morgan fingerprint density at radius 3 is 2.76 bits per heavy atom. The first-order valence-corrected chi connectivity index (χ1v) is 8.57. The van der Waals surface area contributed by atoms with Crippen molar-refractivity contribution in [1.29, 1.82) is 0 Å². The summed E-state index contributed by atoms with van der Waals surface area (Å²) in [4.78, 5) is 18.1. The molecule has 0 aliphatic carbocycles. The lowest BCUT2D eigenvalue weighted by Gasteiger charge is -2.15. The molecule has 5 heteroatoms. The highest BCUT2D eigenvalue weighted by Crippen LogP contribution is 2.21. The smallest absolute Gasteiger partial charge is 0.251 e. The first-order chi connectivity index (χ1) is 12.1. The first kappa shape index (κ1) is 15.9. The van der Waals surface area contributed by atoms with Crippen LogP contribution in [0, 0.1) is 6.92 Å². The first-order valence-electron chi connectivity index (χ1n) is 8.19. The molecule has 0 radical (unpaired) electrons. The van der Waals surface area contributed by atoms with Crippen LogP contribution < -0.4 is 5.56 Å². The molecule has 0 unspecified atom stereocenters. The van der Waals surface area contributed by atoms with Crippen LogP contribution in [0.5, 0.6) is 0 Å². The number of para-hydroxylation sites is 1. The minimum Gasteiger partial charge on any atom is -0.390 e. The Labute approximate surface area is 150 Å². The highest BCUT2D eigenvalue weighted by molar-refractivity contribution is 6.30. The normalized spacial score (nSPS) is 16.7. The van der Waals surface area contributed by atoms with Crippen molar-refractivity contribution in [2.45, 2.75) is 26.0 Å². The van der Waals surface area contributed by atoms with Gasteiger partial charge in [-0.05, 0) is 36.2 Å². The van der Waals surface area contributed by atoms with Gasteiger partial charge < -0.3 is 9.40 Å². The van der Waals surface area contributed by atoms with E-state index in [4.69, 9.17) is 16.4 Å². The molecule has 0 bridgehead atoms. The van der Waals surface area contributed by atoms with Crippen LogP contribution in [0.15, 0.2) is 64.5 Å². The summed E-state index contributed by atoms with van der Waals surface area (Å²) >= 11 is 5.93. The zero-order valence-corrected chi connectivity index (χ0v) is 14.5. The number of rotatable bonds is 3. The second kappa shape index (κ2) is 6.37. The second-order valence-corrected chi connectivity index (χ2v) is 6.71. The Morgan fingerprint density at radius 1 is 1.20 bits per heavy atom. The highest BCUT2D eigenvalue weighted by atomic mass is 35.5. The summed E-state index contributed by atoms with van der Waals surface area (Å²) < 4.78 is 1.77. The van der Waals surface area contributed by atoms with Gasteiger partial charge >= 0.3 is 0 Å². The monoisotopic (exact) mass is 352 g/mol. The number of nitrogens with zero attached hydrogens (tertiary/aromatic N) is 2. The number of hydrogen-bond donors (Lipinski definition) is 0. The molecule has 25 heavy (non-hydrogen) atoms. The Hall–Kier alpha value is -2.59. The van der Waals surface area contributed by atoms with Gasteiger partial charge in [0.05, 0.1) is 17.8 Å². The second-order valence-electron chi connectivity index (χ2n) is 6.27. The average Bonchev–Trinajstić information content (AvgIpc) is 3.08. The predicted molar refractivity (Wildman–Crippen MR) is 100 cm³/mol. The van der Waals surface area contributed by atoms with Gasteiger partial charge in [0.15, 0.2) is 6.10 Å². The summed E-state index contributed by atoms with van der Waals surface area (Å²) in [5, 5.41) is 5.97. The average molecular weight is 353 g/mol. The van der Waals surface area contributed by atoms with E-state index in [0.29, 0.717) is 18.0 Å². The third kappa shape index (κ3) is 3.05.